The van der Waals surface area contributed by atoms with Gasteiger partial charge in [-0.05, 0) is 78.9 Å². The first-order chi connectivity index (χ1) is 33.1. The Balaban J connectivity index is 1.32. The third-order valence-electron chi connectivity index (χ3n) is 11.7. The van der Waals surface area contributed by atoms with Gasteiger partial charge < -0.3 is 38.1 Å². The van der Waals surface area contributed by atoms with Gasteiger partial charge in [-0.3, -0.25) is 40.1 Å². The van der Waals surface area contributed by atoms with Gasteiger partial charge in [0.15, 0.2) is 0 Å². The summed E-state index contributed by atoms with van der Waals surface area (Å²) < 4.78 is 42.7. The molecule has 0 aliphatic carbocycles. The molecule has 4 N–H and O–H groups in total. The van der Waals surface area contributed by atoms with Crippen molar-refractivity contribution in [2.24, 2.45) is 0 Å². The molecule has 1 saturated heterocycles. The number of amides is 1. The van der Waals surface area contributed by atoms with Crippen molar-refractivity contribution in [3.05, 3.63) is 102 Å². The van der Waals surface area contributed by atoms with E-state index in [4.69, 9.17) is 54.0 Å². The number of fused-ring (bicyclic) bond motifs is 1. The zero-order valence-electron chi connectivity index (χ0n) is 39.4. The van der Waals surface area contributed by atoms with Crippen molar-refractivity contribution < 1.29 is 73.3 Å². The number of benzene rings is 4. The Labute approximate surface area is 398 Å². The molecule has 374 valence electrons. The Bertz CT molecular complexity index is 2070. The number of rotatable bonds is 32. The predicted molar refractivity (Wildman–Crippen MR) is 247 cm³/mol. The molecule has 1 fully saturated rings. The largest absolute Gasteiger partial charge is 0.496 e. The summed E-state index contributed by atoms with van der Waals surface area (Å²) in [6, 6.07) is 27.6. The molecule has 4 aromatic carbocycles. The van der Waals surface area contributed by atoms with Crippen LogP contribution in [0.4, 0.5) is 0 Å². The van der Waals surface area contributed by atoms with Crippen LogP contribution in [-0.2, 0) is 51.4 Å². The zero-order chi connectivity index (χ0) is 48.5. The van der Waals surface area contributed by atoms with Gasteiger partial charge >= 0.3 is 5.97 Å². The van der Waals surface area contributed by atoms with Gasteiger partial charge in [-0.15, -0.1) is 0 Å². The van der Waals surface area contributed by atoms with E-state index in [1.54, 1.807) is 19.1 Å². The smallest absolute Gasteiger partial charge is 0.306 e. The van der Waals surface area contributed by atoms with Crippen LogP contribution in [0.2, 0.25) is 0 Å². The average Bonchev–Trinajstić information content (AvgIpc) is 3.34. The molecule has 0 radical (unpaired) electrons. The molecule has 1 aliphatic rings. The van der Waals surface area contributed by atoms with Crippen molar-refractivity contribution in [3.8, 4) is 17.2 Å². The predicted octanol–water partition coefficient (Wildman–Crippen LogP) is 8.21. The van der Waals surface area contributed by atoms with Crippen LogP contribution in [-0.4, -0.2) is 127 Å². The molecule has 4 atom stereocenters. The fourth-order valence-electron chi connectivity index (χ4n) is 8.12. The first kappa shape index (κ1) is 54.0. The van der Waals surface area contributed by atoms with Crippen LogP contribution in [0.25, 0.3) is 10.8 Å². The molecule has 0 bridgehead atoms. The summed E-state index contributed by atoms with van der Waals surface area (Å²) in [6.07, 6.45) is 3.37. The highest BCUT2D eigenvalue weighted by atomic mass is 17.1. The maximum atomic E-state index is 14.0. The highest BCUT2D eigenvalue weighted by Gasteiger charge is 2.41. The first-order valence-electron chi connectivity index (χ1n) is 23.4. The molecule has 1 heterocycles. The number of carbonyl (C=O) groups is 2. The van der Waals surface area contributed by atoms with Gasteiger partial charge in [0.1, 0.15) is 23.4 Å². The highest BCUT2D eigenvalue weighted by molar-refractivity contribution is 5.89. The molecule has 68 heavy (non-hydrogen) atoms. The van der Waals surface area contributed by atoms with Crippen LogP contribution in [0, 0.1) is 0 Å². The second-order valence-electron chi connectivity index (χ2n) is 16.5. The van der Waals surface area contributed by atoms with Crippen molar-refractivity contribution >= 4 is 22.6 Å². The number of carbonyl (C=O) groups excluding carboxylic acids is 2. The second-order valence-corrected chi connectivity index (χ2v) is 16.5. The number of ether oxygens (including phenoxy) is 7. The van der Waals surface area contributed by atoms with Gasteiger partial charge in [-0.2, -0.15) is 0 Å². The molecule has 18 nitrogen and oxygen atoms in total. The molecule has 4 unspecified atom stereocenters. The third kappa shape index (κ3) is 18.2. The average molecular weight is 952 g/mol. The lowest BCUT2D eigenvalue weighted by Crippen LogP contribution is -2.55. The molecular weight excluding hydrogens is 883 g/mol. The van der Waals surface area contributed by atoms with E-state index in [-0.39, 0.29) is 74.4 Å². The summed E-state index contributed by atoms with van der Waals surface area (Å²) in [5.74, 6) is 1.41. The maximum absolute atomic E-state index is 14.0. The summed E-state index contributed by atoms with van der Waals surface area (Å²) in [5.41, 5.74) is 2.81. The van der Waals surface area contributed by atoms with Crippen molar-refractivity contribution in [1.82, 2.24) is 15.7 Å². The van der Waals surface area contributed by atoms with E-state index in [1.165, 1.54) is 0 Å². The summed E-state index contributed by atoms with van der Waals surface area (Å²) in [6.45, 7) is 4.36. The monoisotopic (exact) mass is 951 g/mol. The molecule has 0 aromatic heterocycles. The normalized spacial score (nSPS) is 16.6. The third-order valence-corrected chi connectivity index (χ3v) is 11.7. The van der Waals surface area contributed by atoms with Crippen LogP contribution in [0.5, 0.6) is 17.2 Å². The SMILES string of the molecule is CCC(COC1CN(C(=O)CCCCCON(O)O)CC(OCc2cc(OC)c3ccccc3c2)C1c1ccc(OCCCOCc2ccccc2OC)cc1)OC(=O)CCCCCON(O)O. The summed E-state index contributed by atoms with van der Waals surface area (Å²) in [7, 11) is 3.28. The van der Waals surface area contributed by atoms with Gasteiger partial charge in [0.2, 0.25) is 5.91 Å². The van der Waals surface area contributed by atoms with Crippen molar-refractivity contribution in [1.29, 1.82) is 0 Å². The van der Waals surface area contributed by atoms with E-state index < -0.39 is 18.3 Å². The van der Waals surface area contributed by atoms with Gasteiger partial charge in [-0.25, -0.2) is 0 Å². The fraction of sp³-hybridized carbons (Fsp3) is 0.520. The maximum Gasteiger partial charge on any atom is 0.306 e. The van der Waals surface area contributed by atoms with Gasteiger partial charge in [0.05, 0.1) is 83.5 Å². The Morgan fingerprint density at radius 3 is 2.04 bits per heavy atom. The van der Waals surface area contributed by atoms with E-state index in [2.05, 4.69) is 15.7 Å². The number of para-hydroxylation sites is 1. The minimum atomic E-state index is -0.560. The summed E-state index contributed by atoms with van der Waals surface area (Å²) >= 11 is 0. The van der Waals surface area contributed by atoms with E-state index in [0.717, 1.165) is 39.0 Å². The number of hydrogen-bond donors (Lipinski definition) is 4. The number of methoxy groups -OCH3 is 2. The van der Waals surface area contributed by atoms with Crippen molar-refractivity contribution in [3.63, 3.8) is 0 Å². The number of piperidine rings is 1. The minimum absolute atomic E-state index is 0.0740. The molecular formula is C50H69N3O15. The van der Waals surface area contributed by atoms with Crippen molar-refractivity contribution in [2.45, 2.75) is 109 Å². The van der Waals surface area contributed by atoms with Crippen LogP contribution in [0.1, 0.15) is 93.7 Å². The number of esters is 1. The Hall–Kier alpha value is -4.96. The number of nitrogens with zero attached hydrogens (tertiary/aromatic N) is 3. The topological polar surface area (TPSA) is 208 Å². The van der Waals surface area contributed by atoms with E-state index in [9.17, 15) is 9.59 Å². The first-order valence-corrected chi connectivity index (χ1v) is 23.4. The molecule has 5 rings (SSSR count). The molecule has 18 heteroatoms. The highest BCUT2D eigenvalue weighted by Crippen LogP contribution is 2.36. The lowest BCUT2D eigenvalue weighted by molar-refractivity contribution is -0.492. The lowest BCUT2D eigenvalue weighted by atomic mass is 9.84. The van der Waals surface area contributed by atoms with Crippen LogP contribution in [0.15, 0.2) is 84.9 Å². The van der Waals surface area contributed by atoms with Crippen LogP contribution < -0.4 is 14.2 Å². The fourth-order valence-corrected chi connectivity index (χ4v) is 8.12. The van der Waals surface area contributed by atoms with E-state index >= 15 is 0 Å². The summed E-state index contributed by atoms with van der Waals surface area (Å²) in [5, 5.41) is 36.5. The minimum Gasteiger partial charge on any atom is -0.496 e. The van der Waals surface area contributed by atoms with Crippen LogP contribution in [0.3, 0.4) is 0 Å². The van der Waals surface area contributed by atoms with E-state index in [1.807, 2.05) is 85.8 Å². The van der Waals surface area contributed by atoms with Crippen LogP contribution >= 0.6 is 0 Å². The Morgan fingerprint density at radius 2 is 1.35 bits per heavy atom. The molecule has 4 aromatic rings. The number of unbranched alkanes of at least 4 members (excludes halogenated alkanes) is 4. The quantitative estimate of drug-likeness (QED) is 0.0207. The summed E-state index contributed by atoms with van der Waals surface area (Å²) in [4.78, 5) is 37.9. The molecule has 1 aliphatic heterocycles. The molecule has 1 amide bonds. The Morgan fingerprint density at radius 1 is 0.691 bits per heavy atom. The van der Waals surface area contributed by atoms with Gasteiger partial charge in [-0.1, -0.05) is 74.4 Å². The number of hydrogen-bond acceptors (Lipinski definition) is 17. The standard InChI is InChI=1S/C50H69N3O15/c1-4-41(68-49(55)21-8-6-14-29-67-53(58)59)36-65-47-33-51(48(54)20-7-5-13-28-66-52(56)57)32-46(64-34-37-30-39-16-9-11-18-43(39)45(31-37)61-3)50(47)38-22-24-42(25-23-38)63-27-15-26-62-35-40-17-10-12-19-44(40)60-2/h9-12,16-19,22-25,30-31,41,46-47,50,56-59H,4-8,13-15,20-21,26-29,32-36H2,1-3H3. The van der Waals surface area contributed by atoms with Gasteiger partial charge in [0.25, 0.3) is 0 Å². The van der Waals surface area contributed by atoms with E-state index in [0.29, 0.717) is 83.5 Å². The second kappa shape index (κ2) is 29.8. The molecule has 0 saturated carbocycles. The van der Waals surface area contributed by atoms with Crippen molar-refractivity contribution in [2.75, 3.05) is 60.3 Å². The van der Waals surface area contributed by atoms with Gasteiger partial charge in [0, 0.05) is 49.2 Å². The molecule has 0 spiro atoms. The number of likely N-dealkylation sites (tertiary alicyclic amines) is 1. The Kier molecular flexibility index (Phi) is 23.7. The lowest BCUT2D eigenvalue weighted by Gasteiger charge is -2.44. The zero-order valence-corrected chi connectivity index (χ0v) is 39.4.